The van der Waals surface area contributed by atoms with Crippen LogP contribution in [0.2, 0.25) is 0 Å². The smallest absolute Gasteiger partial charge is 0.166 e. The van der Waals surface area contributed by atoms with E-state index in [2.05, 4.69) is 22.1 Å². The maximum absolute atomic E-state index is 5.12. The number of methoxy groups -OCH3 is 1. The van der Waals surface area contributed by atoms with Gasteiger partial charge < -0.3 is 15.4 Å². The monoisotopic (exact) mass is 244 g/mol. The van der Waals surface area contributed by atoms with Gasteiger partial charge in [0.15, 0.2) is 5.11 Å². The van der Waals surface area contributed by atoms with Crippen molar-refractivity contribution in [2.45, 2.75) is 13.0 Å². The Hall–Kier alpha value is -0.650. The van der Waals surface area contributed by atoms with Crippen LogP contribution in [0.5, 0.6) is 0 Å². The summed E-state index contributed by atoms with van der Waals surface area (Å²) in [6.07, 6.45) is 0.970. The Balaban J connectivity index is 2.04. The van der Waals surface area contributed by atoms with E-state index in [4.69, 9.17) is 17.0 Å². The van der Waals surface area contributed by atoms with Crippen LogP contribution in [0.25, 0.3) is 0 Å². The van der Waals surface area contributed by atoms with Crippen LogP contribution in [0.15, 0.2) is 17.5 Å². The molecule has 0 saturated heterocycles. The zero-order valence-electron chi connectivity index (χ0n) is 8.79. The van der Waals surface area contributed by atoms with Gasteiger partial charge in [-0.1, -0.05) is 6.07 Å². The molecule has 0 spiro atoms. The van der Waals surface area contributed by atoms with Gasteiger partial charge in [0.05, 0.1) is 6.54 Å². The van der Waals surface area contributed by atoms with E-state index < -0.39 is 0 Å². The third kappa shape index (κ3) is 5.71. The summed E-state index contributed by atoms with van der Waals surface area (Å²) < 4.78 is 4.94. The van der Waals surface area contributed by atoms with Crippen molar-refractivity contribution in [1.29, 1.82) is 0 Å². The van der Waals surface area contributed by atoms with Crippen LogP contribution in [0, 0.1) is 0 Å². The van der Waals surface area contributed by atoms with Crippen molar-refractivity contribution in [2.24, 2.45) is 0 Å². The molecule has 0 atom stereocenters. The number of thiocarbonyl (C=S) groups is 1. The summed E-state index contributed by atoms with van der Waals surface area (Å²) in [6.45, 7) is 2.42. The van der Waals surface area contributed by atoms with Crippen molar-refractivity contribution in [3.63, 3.8) is 0 Å². The Morgan fingerprint density at radius 2 is 2.40 bits per heavy atom. The minimum atomic E-state index is 0.708. The van der Waals surface area contributed by atoms with E-state index in [-0.39, 0.29) is 0 Å². The highest BCUT2D eigenvalue weighted by Crippen LogP contribution is 2.06. The minimum absolute atomic E-state index is 0.708. The lowest BCUT2D eigenvalue weighted by molar-refractivity contribution is 0.195. The van der Waals surface area contributed by atoms with Crippen molar-refractivity contribution in [1.82, 2.24) is 10.6 Å². The molecule has 0 aromatic carbocycles. The molecule has 84 valence electrons. The average Bonchev–Trinajstić information content (AvgIpc) is 2.74. The third-order valence-electron chi connectivity index (χ3n) is 1.81. The van der Waals surface area contributed by atoms with Crippen LogP contribution in [0.3, 0.4) is 0 Å². The first-order valence-corrected chi connectivity index (χ1v) is 6.14. The summed E-state index contributed by atoms with van der Waals surface area (Å²) in [5.41, 5.74) is 0. The molecule has 15 heavy (non-hydrogen) atoms. The summed E-state index contributed by atoms with van der Waals surface area (Å²) in [5, 5.41) is 9.05. The molecule has 0 unspecified atom stereocenters. The second-order valence-corrected chi connectivity index (χ2v) is 4.48. The van der Waals surface area contributed by atoms with Gasteiger partial charge in [-0.2, -0.15) is 0 Å². The van der Waals surface area contributed by atoms with Gasteiger partial charge >= 0.3 is 0 Å². The van der Waals surface area contributed by atoms with E-state index in [9.17, 15) is 0 Å². The Bertz CT molecular complexity index is 275. The molecule has 1 aromatic rings. The second-order valence-electron chi connectivity index (χ2n) is 3.04. The van der Waals surface area contributed by atoms with E-state index >= 15 is 0 Å². The first-order valence-electron chi connectivity index (χ1n) is 4.86. The Morgan fingerprint density at radius 1 is 1.53 bits per heavy atom. The number of rotatable bonds is 6. The first kappa shape index (κ1) is 12.4. The third-order valence-corrected chi connectivity index (χ3v) is 2.98. The molecule has 1 rings (SSSR count). The number of thiophene rings is 1. The highest BCUT2D eigenvalue weighted by atomic mass is 32.1. The molecule has 0 bridgehead atoms. The molecule has 5 heteroatoms. The molecule has 0 aliphatic rings. The van der Waals surface area contributed by atoms with Crippen molar-refractivity contribution < 1.29 is 4.74 Å². The van der Waals surface area contributed by atoms with Crippen LogP contribution in [-0.2, 0) is 11.3 Å². The molecule has 0 amide bonds. The summed E-state index contributed by atoms with van der Waals surface area (Å²) in [5.74, 6) is 0. The molecule has 0 fully saturated rings. The molecular formula is C10H16N2OS2. The number of hydrogen-bond acceptors (Lipinski definition) is 3. The van der Waals surface area contributed by atoms with Gasteiger partial charge in [-0.05, 0) is 30.1 Å². The van der Waals surface area contributed by atoms with Gasteiger partial charge in [0, 0.05) is 25.1 Å². The molecule has 0 radical (unpaired) electrons. The molecule has 3 nitrogen and oxygen atoms in total. The maximum atomic E-state index is 5.12. The summed E-state index contributed by atoms with van der Waals surface area (Å²) >= 11 is 6.85. The molecule has 0 aliphatic carbocycles. The fraction of sp³-hybridized carbons (Fsp3) is 0.500. The van der Waals surface area contributed by atoms with Gasteiger partial charge in [-0.3, -0.25) is 0 Å². The normalized spacial score (nSPS) is 9.93. The van der Waals surface area contributed by atoms with E-state index in [0.717, 1.165) is 26.1 Å². The van der Waals surface area contributed by atoms with Crippen molar-refractivity contribution >= 4 is 28.7 Å². The first-order chi connectivity index (χ1) is 7.33. The van der Waals surface area contributed by atoms with Gasteiger partial charge in [0.25, 0.3) is 0 Å². The molecule has 2 N–H and O–H groups in total. The fourth-order valence-corrected chi connectivity index (χ4v) is 1.88. The zero-order valence-corrected chi connectivity index (χ0v) is 10.4. The van der Waals surface area contributed by atoms with Gasteiger partial charge in [0.2, 0.25) is 0 Å². The molecule has 0 aliphatic heterocycles. The molecular weight excluding hydrogens is 228 g/mol. The van der Waals surface area contributed by atoms with Gasteiger partial charge in [-0.15, -0.1) is 11.3 Å². The summed E-state index contributed by atoms with van der Waals surface area (Å²) in [7, 11) is 1.70. The highest BCUT2D eigenvalue weighted by molar-refractivity contribution is 7.80. The van der Waals surface area contributed by atoms with Crippen LogP contribution in [-0.4, -0.2) is 25.4 Å². The van der Waals surface area contributed by atoms with Crippen LogP contribution < -0.4 is 10.6 Å². The zero-order chi connectivity index (χ0) is 10.9. The quantitative estimate of drug-likeness (QED) is 0.590. The average molecular weight is 244 g/mol. The van der Waals surface area contributed by atoms with E-state index in [1.807, 2.05) is 6.07 Å². The van der Waals surface area contributed by atoms with Crippen molar-refractivity contribution in [2.75, 3.05) is 20.3 Å². The SMILES string of the molecule is COCCCNC(=S)NCc1cccs1. The van der Waals surface area contributed by atoms with Crippen LogP contribution in [0.4, 0.5) is 0 Å². The van der Waals surface area contributed by atoms with Gasteiger partial charge in [-0.25, -0.2) is 0 Å². The number of hydrogen-bond donors (Lipinski definition) is 2. The number of ether oxygens (including phenoxy) is 1. The predicted octanol–water partition coefficient (Wildman–Crippen LogP) is 1.75. The predicted molar refractivity (Wildman–Crippen MR) is 68.3 cm³/mol. The molecule has 0 saturated carbocycles. The lowest BCUT2D eigenvalue weighted by Crippen LogP contribution is -2.35. The topological polar surface area (TPSA) is 33.3 Å². The Morgan fingerprint density at radius 3 is 3.07 bits per heavy atom. The largest absolute Gasteiger partial charge is 0.385 e. The molecule has 1 aromatic heterocycles. The van der Waals surface area contributed by atoms with E-state index in [1.165, 1.54) is 4.88 Å². The van der Waals surface area contributed by atoms with E-state index in [0.29, 0.717) is 5.11 Å². The lowest BCUT2D eigenvalue weighted by Gasteiger charge is -2.09. The fourth-order valence-electron chi connectivity index (χ4n) is 1.06. The summed E-state index contributed by atoms with van der Waals surface area (Å²) in [4.78, 5) is 1.29. The van der Waals surface area contributed by atoms with Crippen molar-refractivity contribution in [3.05, 3.63) is 22.4 Å². The summed E-state index contributed by atoms with van der Waals surface area (Å²) in [6, 6.07) is 4.13. The Kier molecular flexibility index (Phi) is 6.31. The van der Waals surface area contributed by atoms with Crippen LogP contribution >= 0.6 is 23.6 Å². The molecule has 1 heterocycles. The van der Waals surface area contributed by atoms with Crippen LogP contribution in [0.1, 0.15) is 11.3 Å². The standard InChI is InChI=1S/C10H16N2OS2/c1-13-6-3-5-11-10(14)12-8-9-4-2-7-15-9/h2,4,7H,3,5-6,8H2,1H3,(H2,11,12,14). The maximum Gasteiger partial charge on any atom is 0.166 e. The minimum Gasteiger partial charge on any atom is -0.385 e. The van der Waals surface area contributed by atoms with Gasteiger partial charge in [0.1, 0.15) is 0 Å². The highest BCUT2D eigenvalue weighted by Gasteiger charge is 1.96. The second kappa shape index (κ2) is 7.62. The lowest BCUT2D eigenvalue weighted by atomic mass is 10.4. The number of nitrogens with one attached hydrogen (secondary N) is 2. The van der Waals surface area contributed by atoms with E-state index in [1.54, 1.807) is 18.4 Å². The Labute approximate surface area is 99.8 Å². The van der Waals surface area contributed by atoms with Crippen molar-refractivity contribution in [3.8, 4) is 0 Å².